The highest BCUT2D eigenvalue weighted by Crippen LogP contribution is 2.45. The second-order valence-electron chi connectivity index (χ2n) is 5.22. The standard InChI is InChI=1S/C15H14O2S/c16-13-11-6-1-2-7-12(11)18-15-9-4-3-5-10(8-9)17-14(13)15/h1-2,6-7,9-10H,3-5,8H2. The lowest BCUT2D eigenvalue weighted by atomic mass is 9.84. The van der Waals surface area contributed by atoms with Gasteiger partial charge in [0.25, 0.3) is 0 Å². The molecule has 0 N–H and O–H groups in total. The summed E-state index contributed by atoms with van der Waals surface area (Å²) in [6, 6.07) is 7.86. The predicted molar refractivity (Wildman–Crippen MR) is 73.7 cm³/mol. The number of fused-ring (bicyclic) bond motifs is 5. The Labute approximate surface area is 109 Å². The Balaban J connectivity index is 2.03. The first-order valence-corrected chi connectivity index (χ1v) is 7.37. The van der Waals surface area contributed by atoms with E-state index in [1.54, 1.807) is 11.3 Å². The smallest absolute Gasteiger partial charge is 0.230 e. The molecule has 1 fully saturated rings. The molecule has 2 heterocycles. The van der Waals surface area contributed by atoms with Gasteiger partial charge in [0.2, 0.25) is 5.43 Å². The van der Waals surface area contributed by atoms with Crippen molar-refractivity contribution in [2.75, 3.05) is 0 Å². The van der Waals surface area contributed by atoms with Gasteiger partial charge in [0, 0.05) is 16.0 Å². The van der Waals surface area contributed by atoms with Crippen molar-refractivity contribution in [2.45, 2.75) is 37.7 Å². The van der Waals surface area contributed by atoms with E-state index in [1.165, 1.54) is 17.7 Å². The van der Waals surface area contributed by atoms with Crippen LogP contribution in [0.4, 0.5) is 0 Å². The van der Waals surface area contributed by atoms with E-state index >= 15 is 0 Å². The quantitative estimate of drug-likeness (QED) is 0.720. The fourth-order valence-electron chi connectivity index (χ4n) is 3.18. The third-order valence-electron chi connectivity index (χ3n) is 4.06. The topological polar surface area (TPSA) is 26.3 Å². The molecule has 2 nitrogen and oxygen atoms in total. The van der Waals surface area contributed by atoms with E-state index in [9.17, 15) is 4.79 Å². The Morgan fingerprint density at radius 2 is 2.11 bits per heavy atom. The Kier molecular flexibility index (Phi) is 2.24. The molecule has 0 saturated heterocycles. The molecule has 1 saturated carbocycles. The molecule has 1 aliphatic heterocycles. The zero-order valence-electron chi connectivity index (χ0n) is 10.0. The van der Waals surface area contributed by atoms with Crippen LogP contribution in [0.3, 0.4) is 0 Å². The fourth-order valence-corrected chi connectivity index (χ4v) is 4.45. The lowest BCUT2D eigenvalue weighted by molar-refractivity contribution is 0.120. The van der Waals surface area contributed by atoms with Crippen molar-refractivity contribution in [3.05, 3.63) is 39.4 Å². The van der Waals surface area contributed by atoms with Gasteiger partial charge < -0.3 is 4.74 Å². The molecule has 0 spiro atoms. The minimum absolute atomic E-state index is 0.0935. The highest BCUT2D eigenvalue weighted by atomic mass is 32.1. The number of hydrogen-bond donors (Lipinski definition) is 0. The molecule has 2 aromatic rings. The Hall–Kier alpha value is -1.35. The molecule has 2 unspecified atom stereocenters. The van der Waals surface area contributed by atoms with Crippen molar-refractivity contribution >= 4 is 21.4 Å². The van der Waals surface area contributed by atoms with E-state index in [0.717, 1.165) is 22.9 Å². The lowest BCUT2D eigenvalue weighted by Gasteiger charge is -2.35. The Morgan fingerprint density at radius 1 is 1.22 bits per heavy atom. The molecule has 0 radical (unpaired) electrons. The number of ether oxygens (including phenoxy) is 1. The molecule has 18 heavy (non-hydrogen) atoms. The number of benzene rings is 1. The van der Waals surface area contributed by atoms with Gasteiger partial charge in [-0.15, -0.1) is 11.3 Å². The van der Waals surface area contributed by atoms with E-state index in [0.29, 0.717) is 11.7 Å². The second-order valence-corrected chi connectivity index (χ2v) is 6.31. The maximum atomic E-state index is 12.5. The van der Waals surface area contributed by atoms with Gasteiger partial charge in [-0.1, -0.05) is 12.1 Å². The van der Waals surface area contributed by atoms with Gasteiger partial charge in [-0.05, 0) is 37.8 Å². The van der Waals surface area contributed by atoms with Crippen LogP contribution in [0.1, 0.15) is 36.5 Å². The van der Waals surface area contributed by atoms with Crippen LogP contribution in [0.15, 0.2) is 29.1 Å². The van der Waals surface area contributed by atoms with Crippen molar-refractivity contribution in [2.24, 2.45) is 0 Å². The number of hydrogen-bond acceptors (Lipinski definition) is 3. The monoisotopic (exact) mass is 258 g/mol. The van der Waals surface area contributed by atoms with Gasteiger partial charge in [0.05, 0.1) is 11.0 Å². The minimum Gasteiger partial charge on any atom is -0.485 e. The molecule has 1 aliphatic carbocycles. The fraction of sp³-hybridized carbons (Fsp3) is 0.400. The highest BCUT2D eigenvalue weighted by molar-refractivity contribution is 7.18. The van der Waals surface area contributed by atoms with Crippen molar-refractivity contribution < 1.29 is 4.74 Å². The van der Waals surface area contributed by atoms with Crippen molar-refractivity contribution in [3.63, 3.8) is 0 Å². The van der Waals surface area contributed by atoms with Gasteiger partial charge >= 0.3 is 0 Å². The van der Waals surface area contributed by atoms with Gasteiger partial charge in [0.15, 0.2) is 5.75 Å². The van der Waals surface area contributed by atoms with Gasteiger partial charge in [-0.2, -0.15) is 0 Å². The first-order valence-electron chi connectivity index (χ1n) is 6.55. The van der Waals surface area contributed by atoms with Crippen LogP contribution < -0.4 is 10.2 Å². The molecular weight excluding hydrogens is 244 g/mol. The van der Waals surface area contributed by atoms with Gasteiger partial charge in [0.1, 0.15) is 0 Å². The van der Waals surface area contributed by atoms with E-state index in [1.807, 2.05) is 24.3 Å². The summed E-state index contributed by atoms with van der Waals surface area (Å²) in [6.07, 6.45) is 4.91. The van der Waals surface area contributed by atoms with Crippen LogP contribution in [-0.4, -0.2) is 6.10 Å². The van der Waals surface area contributed by atoms with Crippen LogP contribution in [0.25, 0.3) is 10.1 Å². The molecule has 2 bridgehead atoms. The molecule has 0 amide bonds. The maximum Gasteiger partial charge on any atom is 0.230 e. The van der Waals surface area contributed by atoms with Gasteiger partial charge in [-0.25, -0.2) is 0 Å². The van der Waals surface area contributed by atoms with Crippen LogP contribution >= 0.6 is 11.3 Å². The summed E-state index contributed by atoms with van der Waals surface area (Å²) in [5.41, 5.74) is 0.0935. The summed E-state index contributed by atoms with van der Waals surface area (Å²) in [7, 11) is 0. The van der Waals surface area contributed by atoms with Crippen molar-refractivity contribution in [3.8, 4) is 5.75 Å². The van der Waals surface area contributed by atoms with E-state index in [-0.39, 0.29) is 11.5 Å². The summed E-state index contributed by atoms with van der Waals surface area (Å²) >= 11 is 1.75. The summed E-state index contributed by atoms with van der Waals surface area (Å²) in [5.74, 6) is 1.20. The van der Waals surface area contributed by atoms with E-state index < -0.39 is 0 Å². The molecule has 3 heteroatoms. The molecule has 1 aromatic heterocycles. The van der Waals surface area contributed by atoms with Gasteiger partial charge in [-0.3, -0.25) is 4.79 Å². The Morgan fingerprint density at radius 3 is 3.06 bits per heavy atom. The third-order valence-corrected chi connectivity index (χ3v) is 5.38. The summed E-state index contributed by atoms with van der Waals surface area (Å²) < 4.78 is 7.03. The minimum atomic E-state index is 0.0935. The van der Waals surface area contributed by atoms with Crippen LogP contribution in [-0.2, 0) is 0 Å². The summed E-state index contributed by atoms with van der Waals surface area (Å²) in [5, 5.41) is 0.807. The zero-order chi connectivity index (χ0) is 12.1. The van der Waals surface area contributed by atoms with Crippen LogP contribution in [0, 0.1) is 0 Å². The zero-order valence-corrected chi connectivity index (χ0v) is 10.8. The SMILES string of the molecule is O=c1c2c(sc3ccccc13)C1CCCC(C1)O2. The Bertz CT molecular complexity index is 674. The van der Waals surface area contributed by atoms with E-state index in [4.69, 9.17) is 4.74 Å². The van der Waals surface area contributed by atoms with Crippen molar-refractivity contribution in [1.29, 1.82) is 0 Å². The third kappa shape index (κ3) is 1.43. The average molecular weight is 258 g/mol. The predicted octanol–water partition coefficient (Wildman–Crippen LogP) is 3.68. The molecule has 1 aromatic carbocycles. The molecular formula is C15H14O2S. The normalized spacial score (nSPS) is 25.6. The molecule has 2 atom stereocenters. The molecule has 4 rings (SSSR count). The second kappa shape index (κ2) is 3.82. The summed E-state index contributed by atoms with van der Waals surface area (Å²) in [6.45, 7) is 0. The maximum absolute atomic E-state index is 12.5. The first kappa shape index (κ1) is 10.6. The van der Waals surface area contributed by atoms with E-state index in [2.05, 4.69) is 0 Å². The van der Waals surface area contributed by atoms with Crippen LogP contribution in [0.5, 0.6) is 5.75 Å². The highest BCUT2D eigenvalue weighted by Gasteiger charge is 2.34. The largest absolute Gasteiger partial charge is 0.485 e. The number of rotatable bonds is 0. The van der Waals surface area contributed by atoms with Crippen molar-refractivity contribution in [1.82, 2.24) is 0 Å². The summed E-state index contributed by atoms with van der Waals surface area (Å²) in [4.78, 5) is 13.7. The average Bonchev–Trinajstić information content (AvgIpc) is 2.41. The molecule has 2 aliphatic rings. The van der Waals surface area contributed by atoms with Crippen LogP contribution in [0.2, 0.25) is 0 Å². The lowest BCUT2D eigenvalue weighted by Crippen LogP contribution is -2.32. The molecule has 92 valence electrons. The first-order chi connectivity index (χ1) is 8.83.